The van der Waals surface area contributed by atoms with Crippen molar-refractivity contribution in [1.29, 1.82) is 0 Å². The SMILES string of the molecule is CCCCCCCCCCCCCCCCOCC(N)CCOCc1ccccc1. The Labute approximate surface area is 187 Å². The van der Waals surface area contributed by atoms with Crippen molar-refractivity contribution in [2.45, 2.75) is 116 Å². The monoisotopic (exact) mass is 419 g/mol. The zero-order valence-corrected chi connectivity index (χ0v) is 19.8. The Morgan fingerprint density at radius 1 is 0.667 bits per heavy atom. The van der Waals surface area contributed by atoms with E-state index in [2.05, 4.69) is 19.1 Å². The molecular weight excluding hydrogens is 370 g/mol. The Balaban J connectivity index is 1.73. The van der Waals surface area contributed by atoms with Gasteiger partial charge in [0, 0.05) is 19.3 Å². The fourth-order valence-electron chi connectivity index (χ4n) is 3.72. The van der Waals surface area contributed by atoms with Crippen LogP contribution in [0.4, 0.5) is 0 Å². The van der Waals surface area contributed by atoms with Crippen LogP contribution in [-0.2, 0) is 16.1 Å². The molecule has 0 bridgehead atoms. The van der Waals surface area contributed by atoms with Gasteiger partial charge in [-0.1, -0.05) is 121 Å². The van der Waals surface area contributed by atoms with Crippen LogP contribution in [0.25, 0.3) is 0 Å². The predicted octanol–water partition coefficient (Wildman–Crippen LogP) is 7.42. The molecule has 30 heavy (non-hydrogen) atoms. The number of rotatable bonds is 22. The average Bonchev–Trinajstić information content (AvgIpc) is 2.77. The lowest BCUT2D eigenvalue weighted by molar-refractivity contribution is 0.0842. The van der Waals surface area contributed by atoms with Crippen molar-refractivity contribution in [2.75, 3.05) is 19.8 Å². The van der Waals surface area contributed by atoms with Gasteiger partial charge in [-0.25, -0.2) is 0 Å². The quantitative estimate of drug-likeness (QED) is 0.199. The fraction of sp³-hybridized carbons (Fsp3) is 0.778. The summed E-state index contributed by atoms with van der Waals surface area (Å²) in [5, 5.41) is 0. The first-order chi connectivity index (χ1) is 14.8. The van der Waals surface area contributed by atoms with Crippen molar-refractivity contribution < 1.29 is 9.47 Å². The molecule has 0 fully saturated rings. The average molecular weight is 420 g/mol. The van der Waals surface area contributed by atoms with Crippen LogP contribution in [0, 0.1) is 0 Å². The van der Waals surface area contributed by atoms with Crippen molar-refractivity contribution in [1.82, 2.24) is 0 Å². The summed E-state index contributed by atoms with van der Waals surface area (Å²) in [5.41, 5.74) is 7.32. The lowest BCUT2D eigenvalue weighted by atomic mass is 10.0. The molecule has 3 heteroatoms. The minimum absolute atomic E-state index is 0.0763. The Kier molecular flexibility index (Phi) is 19.3. The second kappa shape index (κ2) is 21.3. The van der Waals surface area contributed by atoms with Crippen LogP contribution in [0.2, 0.25) is 0 Å². The molecule has 0 aliphatic rings. The first-order valence-corrected chi connectivity index (χ1v) is 12.8. The molecule has 0 spiro atoms. The first-order valence-electron chi connectivity index (χ1n) is 12.8. The first kappa shape index (κ1) is 27.1. The van der Waals surface area contributed by atoms with Gasteiger partial charge in [0.15, 0.2) is 0 Å². The van der Waals surface area contributed by atoms with E-state index in [-0.39, 0.29) is 6.04 Å². The van der Waals surface area contributed by atoms with E-state index in [1.54, 1.807) is 0 Å². The molecule has 0 aliphatic heterocycles. The molecule has 3 nitrogen and oxygen atoms in total. The zero-order valence-electron chi connectivity index (χ0n) is 19.8. The van der Waals surface area contributed by atoms with E-state index in [4.69, 9.17) is 15.2 Å². The highest BCUT2D eigenvalue weighted by Crippen LogP contribution is 2.13. The van der Waals surface area contributed by atoms with Crippen molar-refractivity contribution in [2.24, 2.45) is 5.73 Å². The molecule has 0 radical (unpaired) electrons. The minimum atomic E-state index is 0.0763. The molecule has 0 heterocycles. The summed E-state index contributed by atoms with van der Waals surface area (Å²) in [4.78, 5) is 0. The number of hydrogen-bond acceptors (Lipinski definition) is 3. The van der Waals surface area contributed by atoms with Crippen LogP contribution in [0.5, 0.6) is 0 Å². The Hall–Kier alpha value is -0.900. The van der Waals surface area contributed by atoms with Gasteiger partial charge in [-0.15, -0.1) is 0 Å². The van der Waals surface area contributed by atoms with E-state index in [0.717, 1.165) is 19.4 Å². The van der Waals surface area contributed by atoms with Gasteiger partial charge >= 0.3 is 0 Å². The summed E-state index contributed by atoms with van der Waals surface area (Å²) in [6.45, 7) is 5.13. The van der Waals surface area contributed by atoms with E-state index in [9.17, 15) is 0 Å². The van der Waals surface area contributed by atoms with Gasteiger partial charge in [-0.2, -0.15) is 0 Å². The van der Waals surface area contributed by atoms with Crippen LogP contribution in [0.15, 0.2) is 30.3 Å². The third-order valence-corrected chi connectivity index (χ3v) is 5.72. The Bertz CT molecular complexity index is 451. The van der Waals surface area contributed by atoms with Gasteiger partial charge in [0.05, 0.1) is 13.2 Å². The number of unbranched alkanes of at least 4 members (excludes halogenated alkanes) is 13. The van der Waals surface area contributed by atoms with Crippen molar-refractivity contribution in [3.63, 3.8) is 0 Å². The second-order valence-electron chi connectivity index (χ2n) is 8.76. The van der Waals surface area contributed by atoms with E-state index < -0.39 is 0 Å². The Morgan fingerprint density at radius 3 is 1.77 bits per heavy atom. The highest BCUT2D eigenvalue weighted by Gasteiger charge is 2.03. The summed E-state index contributed by atoms with van der Waals surface area (Å²) >= 11 is 0. The maximum absolute atomic E-state index is 6.11. The highest BCUT2D eigenvalue weighted by atomic mass is 16.5. The van der Waals surface area contributed by atoms with E-state index in [1.165, 1.54) is 89.0 Å². The molecule has 0 amide bonds. The van der Waals surface area contributed by atoms with Crippen molar-refractivity contribution in [3.8, 4) is 0 Å². The van der Waals surface area contributed by atoms with Crippen LogP contribution in [0.3, 0.4) is 0 Å². The fourth-order valence-corrected chi connectivity index (χ4v) is 3.72. The molecule has 1 unspecified atom stereocenters. The van der Waals surface area contributed by atoms with Crippen LogP contribution >= 0.6 is 0 Å². The molecule has 1 rings (SSSR count). The van der Waals surface area contributed by atoms with Gasteiger partial charge in [0.2, 0.25) is 0 Å². The molecule has 2 N–H and O–H groups in total. The molecule has 0 saturated heterocycles. The van der Waals surface area contributed by atoms with E-state index >= 15 is 0 Å². The van der Waals surface area contributed by atoms with Gasteiger partial charge in [0.1, 0.15) is 0 Å². The van der Waals surface area contributed by atoms with Gasteiger partial charge in [-0.05, 0) is 18.4 Å². The number of nitrogens with two attached hydrogens (primary N) is 1. The minimum Gasteiger partial charge on any atom is -0.380 e. The lowest BCUT2D eigenvalue weighted by Crippen LogP contribution is -2.28. The third kappa shape index (κ3) is 17.9. The topological polar surface area (TPSA) is 44.5 Å². The summed E-state index contributed by atoms with van der Waals surface area (Å²) in [6, 6.07) is 10.3. The van der Waals surface area contributed by atoms with Crippen LogP contribution in [0.1, 0.15) is 109 Å². The van der Waals surface area contributed by atoms with Gasteiger partial charge in [0.25, 0.3) is 0 Å². The van der Waals surface area contributed by atoms with Crippen LogP contribution in [-0.4, -0.2) is 25.9 Å². The van der Waals surface area contributed by atoms with Crippen molar-refractivity contribution in [3.05, 3.63) is 35.9 Å². The molecular formula is C27H49NO2. The van der Waals surface area contributed by atoms with E-state index in [0.29, 0.717) is 19.8 Å². The molecule has 0 saturated carbocycles. The standard InChI is InChI=1S/C27H49NO2/c1-2-3-4-5-6-7-8-9-10-11-12-13-14-18-22-29-25-27(28)21-23-30-24-26-19-16-15-17-20-26/h15-17,19-20,27H,2-14,18,21-25,28H2,1H3. The summed E-state index contributed by atoms with van der Waals surface area (Å²) in [6.07, 6.45) is 20.3. The number of hydrogen-bond donors (Lipinski definition) is 1. The number of ether oxygens (including phenoxy) is 2. The zero-order chi connectivity index (χ0) is 21.5. The molecule has 174 valence electrons. The molecule has 0 aromatic heterocycles. The molecule has 1 aromatic carbocycles. The largest absolute Gasteiger partial charge is 0.380 e. The summed E-state index contributed by atoms with van der Waals surface area (Å²) in [5.74, 6) is 0. The maximum atomic E-state index is 6.11. The van der Waals surface area contributed by atoms with Gasteiger partial charge < -0.3 is 15.2 Å². The number of benzene rings is 1. The predicted molar refractivity (Wildman–Crippen MR) is 130 cm³/mol. The molecule has 1 atom stereocenters. The molecule has 0 aliphatic carbocycles. The summed E-state index contributed by atoms with van der Waals surface area (Å²) in [7, 11) is 0. The maximum Gasteiger partial charge on any atom is 0.0716 e. The summed E-state index contributed by atoms with van der Waals surface area (Å²) < 4.78 is 11.4. The van der Waals surface area contributed by atoms with Gasteiger partial charge in [-0.3, -0.25) is 0 Å². The lowest BCUT2D eigenvalue weighted by Gasteiger charge is -2.12. The van der Waals surface area contributed by atoms with E-state index in [1.807, 2.05) is 18.2 Å². The Morgan fingerprint density at radius 2 is 1.20 bits per heavy atom. The molecule has 1 aromatic rings. The second-order valence-corrected chi connectivity index (χ2v) is 8.76. The highest BCUT2D eigenvalue weighted by molar-refractivity contribution is 5.13. The normalized spacial score (nSPS) is 12.3. The van der Waals surface area contributed by atoms with Crippen molar-refractivity contribution >= 4 is 0 Å². The third-order valence-electron chi connectivity index (χ3n) is 5.72. The van der Waals surface area contributed by atoms with Crippen LogP contribution < -0.4 is 5.73 Å². The smallest absolute Gasteiger partial charge is 0.0716 e.